The molecular formula is C19H31N. The van der Waals surface area contributed by atoms with E-state index in [1.165, 1.54) is 62.5 Å². The van der Waals surface area contributed by atoms with Gasteiger partial charge in [0.2, 0.25) is 0 Å². The molecule has 1 N–H and O–H groups in total. The first-order chi connectivity index (χ1) is 9.79. The van der Waals surface area contributed by atoms with Crippen LogP contribution in [0.5, 0.6) is 0 Å². The van der Waals surface area contributed by atoms with Gasteiger partial charge in [-0.2, -0.15) is 0 Å². The van der Waals surface area contributed by atoms with Crippen molar-refractivity contribution in [2.45, 2.75) is 71.3 Å². The summed E-state index contributed by atoms with van der Waals surface area (Å²) in [5, 5.41) is 3.77. The molecule has 1 fully saturated rings. The molecule has 1 aromatic rings. The fraction of sp³-hybridized carbons (Fsp3) is 0.684. The van der Waals surface area contributed by atoms with Crippen LogP contribution in [-0.2, 0) is 0 Å². The van der Waals surface area contributed by atoms with Crippen LogP contribution in [-0.4, -0.2) is 6.54 Å². The van der Waals surface area contributed by atoms with Crippen molar-refractivity contribution >= 4 is 0 Å². The van der Waals surface area contributed by atoms with Crippen LogP contribution in [0.1, 0.15) is 75.5 Å². The molecule has 1 aliphatic rings. The highest BCUT2D eigenvalue weighted by Gasteiger charge is 2.19. The van der Waals surface area contributed by atoms with Crippen molar-refractivity contribution in [3.63, 3.8) is 0 Å². The fourth-order valence-electron chi connectivity index (χ4n) is 3.39. The van der Waals surface area contributed by atoms with Crippen LogP contribution in [0.25, 0.3) is 0 Å². The Morgan fingerprint density at radius 1 is 1.05 bits per heavy atom. The lowest BCUT2D eigenvalue weighted by Crippen LogP contribution is -2.24. The molecule has 1 heteroatoms. The molecule has 1 aliphatic carbocycles. The van der Waals surface area contributed by atoms with E-state index < -0.39 is 0 Å². The molecule has 0 saturated heterocycles. The van der Waals surface area contributed by atoms with E-state index in [0.29, 0.717) is 6.04 Å². The van der Waals surface area contributed by atoms with E-state index in [9.17, 15) is 0 Å². The van der Waals surface area contributed by atoms with Gasteiger partial charge < -0.3 is 5.32 Å². The predicted molar refractivity (Wildman–Crippen MR) is 88.0 cm³/mol. The zero-order chi connectivity index (χ0) is 14.2. The van der Waals surface area contributed by atoms with Gasteiger partial charge in [0.25, 0.3) is 0 Å². The maximum absolute atomic E-state index is 3.77. The second kappa shape index (κ2) is 8.46. The smallest absolute Gasteiger partial charge is 0.0322 e. The summed E-state index contributed by atoms with van der Waals surface area (Å²) in [6.07, 6.45) is 11.2. The Kier molecular flexibility index (Phi) is 6.59. The van der Waals surface area contributed by atoms with Crippen LogP contribution in [0, 0.1) is 12.8 Å². The summed E-state index contributed by atoms with van der Waals surface area (Å²) >= 11 is 0. The molecule has 2 rings (SSSR count). The Labute approximate surface area is 125 Å². The molecule has 1 unspecified atom stereocenters. The van der Waals surface area contributed by atoms with Crippen LogP contribution in [0.15, 0.2) is 24.3 Å². The molecular weight excluding hydrogens is 242 g/mol. The molecule has 0 amide bonds. The molecule has 0 heterocycles. The van der Waals surface area contributed by atoms with Crippen molar-refractivity contribution < 1.29 is 0 Å². The van der Waals surface area contributed by atoms with Crippen molar-refractivity contribution in [2.24, 2.45) is 5.92 Å². The minimum absolute atomic E-state index is 0.554. The maximum Gasteiger partial charge on any atom is 0.0322 e. The summed E-state index contributed by atoms with van der Waals surface area (Å²) in [6.45, 7) is 5.56. The minimum atomic E-state index is 0.554. The van der Waals surface area contributed by atoms with E-state index in [1.807, 2.05) is 0 Å². The summed E-state index contributed by atoms with van der Waals surface area (Å²) in [5.41, 5.74) is 2.84. The van der Waals surface area contributed by atoms with Gasteiger partial charge in [0, 0.05) is 6.04 Å². The van der Waals surface area contributed by atoms with Crippen molar-refractivity contribution in [3.8, 4) is 0 Å². The number of hydrogen-bond donors (Lipinski definition) is 1. The zero-order valence-electron chi connectivity index (χ0n) is 13.3. The second-order valence-corrected chi connectivity index (χ2v) is 6.51. The third-order valence-corrected chi connectivity index (χ3v) is 4.66. The first-order valence-electron chi connectivity index (χ1n) is 8.59. The summed E-state index contributed by atoms with van der Waals surface area (Å²) in [5.74, 6) is 0.924. The van der Waals surface area contributed by atoms with Gasteiger partial charge in [-0.25, -0.2) is 0 Å². The largest absolute Gasteiger partial charge is 0.310 e. The van der Waals surface area contributed by atoms with Crippen molar-refractivity contribution in [3.05, 3.63) is 35.4 Å². The van der Waals surface area contributed by atoms with Gasteiger partial charge in [-0.3, -0.25) is 0 Å². The Hall–Kier alpha value is -0.820. The van der Waals surface area contributed by atoms with E-state index in [-0.39, 0.29) is 0 Å². The molecule has 0 radical (unpaired) electrons. The van der Waals surface area contributed by atoms with Gasteiger partial charge in [0.15, 0.2) is 0 Å². The third-order valence-electron chi connectivity index (χ3n) is 4.66. The number of nitrogens with one attached hydrogen (secondary N) is 1. The Morgan fingerprint density at radius 3 is 2.30 bits per heavy atom. The normalized spacial score (nSPS) is 18.7. The Morgan fingerprint density at radius 2 is 1.70 bits per heavy atom. The topological polar surface area (TPSA) is 12.0 Å². The predicted octanol–water partition coefficient (Wildman–Crippen LogP) is 5.40. The molecule has 1 saturated carbocycles. The van der Waals surface area contributed by atoms with E-state index >= 15 is 0 Å². The van der Waals surface area contributed by atoms with Gasteiger partial charge in [0.05, 0.1) is 0 Å². The summed E-state index contributed by atoms with van der Waals surface area (Å²) in [4.78, 5) is 0. The fourth-order valence-corrected chi connectivity index (χ4v) is 3.39. The lowest BCUT2D eigenvalue weighted by molar-refractivity contribution is 0.356. The van der Waals surface area contributed by atoms with Crippen LogP contribution in [0.4, 0.5) is 0 Å². The second-order valence-electron chi connectivity index (χ2n) is 6.51. The van der Waals surface area contributed by atoms with Crippen LogP contribution >= 0.6 is 0 Å². The first-order valence-corrected chi connectivity index (χ1v) is 8.59. The molecule has 0 spiro atoms. The van der Waals surface area contributed by atoms with Crippen LogP contribution in [0.3, 0.4) is 0 Å². The SMILES string of the molecule is CCCNC(CC1CCCCCC1)c1ccc(C)cc1. The molecule has 0 aliphatic heterocycles. The highest BCUT2D eigenvalue weighted by atomic mass is 14.9. The first kappa shape index (κ1) is 15.6. The number of aryl methyl sites for hydroxylation is 1. The van der Waals surface area contributed by atoms with E-state index in [1.54, 1.807) is 0 Å². The molecule has 0 bridgehead atoms. The highest BCUT2D eigenvalue weighted by Crippen LogP contribution is 2.31. The number of hydrogen-bond acceptors (Lipinski definition) is 1. The zero-order valence-corrected chi connectivity index (χ0v) is 13.3. The average Bonchev–Trinajstić information content (AvgIpc) is 2.73. The van der Waals surface area contributed by atoms with Crippen molar-refractivity contribution in [1.82, 2.24) is 5.32 Å². The monoisotopic (exact) mass is 273 g/mol. The quantitative estimate of drug-likeness (QED) is 0.685. The summed E-state index contributed by atoms with van der Waals surface area (Å²) in [6, 6.07) is 9.70. The van der Waals surface area contributed by atoms with E-state index in [2.05, 4.69) is 43.4 Å². The maximum atomic E-state index is 3.77. The Bertz CT molecular complexity index is 360. The third kappa shape index (κ3) is 4.94. The van der Waals surface area contributed by atoms with Crippen LogP contribution in [0.2, 0.25) is 0 Å². The molecule has 20 heavy (non-hydrogen) atoms. The molecule has 1 nitrogen and oxygen atoms in total. The highest BCUT2D eigenvalue weighted by molar-refractivity contribution is 5.24. The standard InChI is InChI=1S/C19H31N/c1-3-14-20-19(18-12-10-16(2)11-13-18)15-17-8-6-4-5-7-9-17/h10-13,17,19-20H,3-9,14-15H2,1-2H3. The van der Waals surface area contributed by atoms with E-state index in [0.717, 1.165) is 12.5 Å². The van der Waals surface area contributed by atoms with Gasteiger partial charge >= 0.3 is 0 Å². The summed E-state index contributed by atoms with van der Waals surface area (Å²) in [7, 11) is 0. The Balaban J connectivity index is 2.00. The number of benzene rings is 1. The molecule has 1 aromatic carbocycles. The lowest BCUT2D eigenvalue weighted by Gasteiger charge is -2.24. The lowest BCUT2D eigenvalue weighted by atomic mass is 9.89. The van der Waals surface area contributed by atoms with Gasteiger partial charge in [-0.15, -0.1) is 0 Å². The minimum Gasteiger partial charge on any atom is -0.310 e. The molecule has 112 valence electrons. The molecule has 0 aromatic heterocycles. The van der Waals surface area contributed by atoms with E-state index in [4.69, 9.17) is 0 Å². The number of rotatable bonds is 6. The van der Waals surface area contributed by atoms with Crippen molar-refractivity contribution in [1.29, 1.82) is 0 Å². The van der Waals surface area contributed by atoms with Gasteiger partial charge in [-0.1, -0.05) is 75.3 Å². The van der Waals surface area contributed by atoms with Gasteiger partial charge in [0.1, 0.15) is 0 Å². The summed E-state index contributed by atoms with van der Waals surface area (Å²) < 4.78 is 0. The van der Waals surface area contributed by atoms with Crippen LogP contribution < -0.4 is 5.32 Å². The van der Waals surface area contributed by atoms with Gasteiger partial charge in [-0.05, 0) is 37.8 Å². The average molecular weight is 273 g/mol. The van der Waals surface area contributed by atoms with Crippen molar-refractivity contribution in [2.75, 3.05) is 6.54 Å². The molecule has 1 atom stereocenters.